The lowest BCUT2D eigenvalue weighted by atomic mass is 9.96. The Morgan fingerprint density at radius 1 is 1.16 bits per heavy atom. The first-order valence-electron chi connectivity index (χ1n) is 11.0. The third-order valence-electron chi connectivity index (χ3n) is 5.72. The van der Waals surface area contributed by atoms with E-state index in [1.165, 1.54) is 12.1 Å². The molecule has 0 saturated carbocycles. The normalized spacial score (nSPS) is 20.0. The van der Waals surface area contributed by atoms with Crippen LogP contribution in [-0.4, -0.2) is 80.7 Å². The number of benzene rings is 1. The molecule has 7 nitrogen and oxygen atoms in total. The van der Waals surface area contributed by atoms with Crippen LogP contribution in [0.25, 0.3) is 0 Å². The number of morpholine rings is 1. The van der Waals surface area contributed by atoms with E-state index in [0.717, 1.165) is 45.7 Å². The van der Waals surface area contributed by atoms with Gasteiger partial charge in [-0.25, -0.2) is 0 Å². The van der Waals surface area contributed by atoms with Gasteiger partial charge in [0.25, 0.3) is 5.91 Å². The van der Waals surface area contributed by atoms with E-state index in [1.807, 2.05) is 0 Å². The number of piperidine rings is 1. The van der Waals surface area contributed by atoms with Gasteiger partial charge in [0.05, 0.1) is 24.7 Å². The second kappa shape index (κ2) is 12.0. The molecule has 2 fully saturated rings. The highest BCUT2D eigenvalue weighted by Crippen LogP contribution is 2.25. The minimum atomic E-state index is -3.00. The summed E-state index contributed by atoms with van der Waals surface area (Å²) in [4.78, 5) is 29.4. The quantitative estimate of drug-likeness (QED) is 0.599. The van der Waals surface area contributed by atoms with E-state index in [9.17, 15) is 18.4 Å². The number of likely N-dealkylation sites (tertiary alicyclic amines) is 1. The highest BCUT2D eigenvalue weighted by molar-refractivity contribution is 5.97. The van der Waals surface area contributed by atoms with Gasteiger partial charge in [-0.3, -0.25) is 14.5 Å². The fourth-order valence-corrected chi connectivity index (χ4v) is 4.03. The van der Waals surface area contributed by atoms with Crippen molar-refractivity contribution in [2.45, 2.75) is 32.3 Å². The predicted octanol–water partition coefficient (Wildman–Crippen LogP) is 2.37. The number of halogens is 2. The summed E-state index contributed by atoms with van der Waals surface area (Å²) < 4.78 is 35.1. The first-order chi connectivity index (χ1) is 15.0. The lowest BCUT2D eigenvalue weighted by Gasteiger charge is -2.32. The summed E-state index contributed by atoms with van der Waals surface area (Å²) in [6.07, 6.45) is 3.31. The van der Waals surface area contributed by atoms with E-state index >= 15 is 0 Å². The highest BCUT2D eigenvalue weighted by Gasteiger charge is 2.30. The summed E-state index contributed by atoms with van der Waals surface area (Å²) in [6.45, 7) is 2.87. The van der Waals surface area contributed by atoms with E-state index in [4.69, 9.17) is 4.74 Å². The maximum atomic E-state index is 12.9. The van der Waals surface area contributed by atoms with Gasteiger partial charge in [-0.15, -0.1) is 0 Å². The summed E-state index contributed by atoms with van der Waals surface area (Å²) in [6, 6.07) is 5.97. The molecule has 3 rings (SSSR count). The topological polar surface area (TPSA) is 71.1 Å². The third kappa shape index (κ3) is 7.14. The van der Waals surface area contributed by atoms with Crippen LogP contribution in [0.1, 0.15) is 36.0 Å². The maximum absolute atomic E-state index is 12.9. The molecule has 1 aromatic rings. The fraction of sp³-hybridized carbons (Fsp3) is 0.636. The molecule has 2 aliphatic heterocycles. The number of ether oxygens (including phenoxy) is 2. The van der Waals surface area contributed by atoms with Crippen LogP contribution in [0.3, 0.4) is 0 Å². The van der Waals surface area contributed by atoms with Crippen LogP contribution in [0.2, 0.25) is 0 Å². The van der Waals surface area contributed by atoms with Crippen molar-refractivity contribution >= 4 is 11.8 Å². The van der Waals surface area contributed by atoms with Gasteiger partial charge in [-0.05, 0) is 44.4 Å². The number of alkyl halides is 2. The Kier molecular flexibility index (Phi) is 9.02. The Bertz CT molecular complexity index is 728. The van der Waals surface area contributed by atoms with Crippen molar-refractivity contribution in [3.63, 3.8) is 0 Å². The number of hydrogen-bond donors (Lipinski definition) is 1. The van der Waals surface area contributed by atoms with Gasteiger partial charge in [-0.2, -0.15) is 8.78 Å². The number of hydrogen-bond acceptors (Lipinski definition) is 5. The van der Waals surface area contributed by atoms with E-state index in [2.05, 4.69) is 15.0 Å². The Hall–Kier alpha value is -2.26. The molecule has 9 heteroatoms. The van der Waals surface area contributed by atoms with Crippen LogP contribution in [0.5, 0.6) is 5.75 Å². The predicted molar refractivity (Wildman–Crippen MR) is 111 cm³/mol. The van der Waals surface area contributed by atoms with Gasteiger partial charge in [0.15, 0.2) is 0 Å². The van der Waals surface area contributed by atoms with Crippen LogP contribution in [0.15, 0.2) is 24.3 Å². The Labute approximate surface area is 181 Å². The van der Waals surface area contributed by atoms with Crippen LogP contribution in [0, 0.1) is 5.92 Å². The van der Waals surface area contributed by atoms with Crippen molar-refractivity contribution in [1.82, 2.24) is 15.1 Å². The molecule has 2 amide bonds. The monoisotopic (exact) mass is 439 g/mol. The van der Waals surface area contributed by atoms with Gasteiger partial charge < -0.3 is 19.7 Å². The highest BCUT2D eigenvalue weighted by atomic mass is 19.3. The molecular weight excluding hydrogens is 408 g/mol. The van der Waals surface area contributed by atoms with Crippen molar-refractivity contribution in [2.75, 3.05) is 52.5 Å². The van der Waals surface area contributed by atoms with Crippen molar-refractivity contribution in [1.29, 1.82) is 0 Å². The molecule has 31 heavy (non-hydrogen) atoms. The largest absolute Gasteiger partial charge is 0.434 e. The number of carbonyl (C=O) groups is 2. The summed E-state index contributed by atoms with van der Waals surface area (Å²) in [5.74, 6) is -0.880. The second-order valence-corrected chi connectivity index (χ2v) is 7.92. The average molecular weight is 440 g/mol. The fourth-order valence-electron chi connectivity index (χ4n) is 4.03. The maximum Gasteiger partial charge on any atom is 0.387 e. The number of unbranched alkanes of at least 4 members (excludes halogenated alkanes) is 1. The Morgan fingerprint density at radius 3 is 2.71 bits per heavy atom. The molecule has 0 spiro atoms. The molecule has 0 bridgehead atoms. The van der Waals surface area contributed by atoms with E-state index in [0.29, 0.717) is 25.9 Å². The summed E-state index contributed by atoms with van der Waals surface area (Å²) in [5, 5.41) is 2.98. The lowest BCUT2D eigenvalue weighted by molar-refractivity contribution is -0.126. The molecule has 1 N–H and O–H groups in total. The average Bonchev–Trinajstić information content (AvgIpc) is 2.79. The second-order valence-electron chi connectivity index (χ2n) is 7.92. The van der Waals surface area contributed by atoms with Crippen LogP contribution >= 0.6 is 0 Å². The smallest absolute Gasteiger partial charge is 0.387 e. The molecular formula is C22H31F2N3O4. The van der Waals surface area contributed by atoms with E-state index in [1.54, 1.807) is 17.0 Å². The minimum absolute atomic E-state index is 0.0546. The van der Waals surface area contributed by atoms with Crippen LogP contribution in [0.4, 0.5) is 8.78 Å². The van der Waals surface area contributed by atoms with Crippen molar-refractivity contribution < 1.29 is 27.8 Å². The van der Waals surface area contributed by atoms with Gasteiger partial charge >= 0.3 is 6.61 Å². The van der Waals surface area contributed by atoms with Gasteiger partial charge in [0.1, 0.15) is 5.75 Å². The molecule has 2 aliphatic rings. The molecule has 0 aliphatic carbocycles. The van der Waals surface area contributed by atoms with Crippen molar-refractivity contribution in [2.24, 2.45) is 5.92 Å². The van der Waals surface area contributed by atoms with Gasteiger partial charge in [-0.1, -0.05) is 12.1 Å². The summed E-state index contributed by atoms with van der Waals surface area (Å²) in [7, 11) is 0. The first-order valence-corrected chi connectivity index (χ1v) is 11.0. The van der Waals surface area contributed by atoms with Crippen molar-refractivity contribution in [3.8, 4) is 5.75 Å². The molecule has 1 atom stereocenters. The molecule has 0 aromatic heterocycles. The zero-order chi connectivity index (χ0) is 22.1. The molecule has 1 aromatic carbocycles. The Morgan fingerprint density at radius 2 is 1.94 bits per heavy atom. The van der Waals surface area contributed by atoms with Gasteiger partial charge in [0.2, 0.25) is 5.91 Å². The number of carbonyl (C=O) groups excluding carboxylic acids is 2. The van der Waals surface area contributed by atoms with Crippen LogP contribution < -0.4 is 10.1 Å². The number of amides is 2. The lowest BCUT2D eigenvalue weighted by Crippen LogP contribution is -2.45. The summed E-state index contributed by atoms with van der Waals surface area (Å²) >= 11 is 0. The Balaban J connectivity index is 1.44. The first kappa shape index (κ1) is 23.4. The third-order valence-corrected chi connectivity index (χ3v) is 5.72. The molecule has 2 heterocycles. The number of nitrogens with one attached hydrogen (secondary N) is 1. The van der Waals surface area contributed by atoms with E-state index < -0.39 is 6.61 Å². The van der Waals surface area contributed by atoms with E-state index in [-0.39, 0.29) is 35.6 Å². The van der Waals surface area contributed by atoms with Gasteiger partial charge in [0, 0.05) is 32.7 Å². The molecule has 1 unspecified atom stereocenters. The zero-order valence-electron chi connectivity index (χ0n) is 17.7. The number of para-hydroxylation sites is 1. The van der Waals surface area contributed by atoms with Crippen molar-refractivity contribution in [3.05, 3.63) is 29.8 Å². The minimum Gasteiger partial charge on any atom is -0.434 e. The molecule has 0 radical (unpaired) electrons. The standard InChI is InChI=1S/C22H31F2N3O4/c23-22(24)31-19-8-2-1-7-18(19)21(29)27-11-5-6-17(16-27)20(28)25-9-3-4-10-26-12-14-30-15-13-26/h1-2,7-8,17,22H,3-6,9-16H2,(H,25,28). The number of rotatable bonds is 9. The van der Waals surface area contributed by atoms with Crippen LogP contribution in [-0.2, 0) is 9.53 Å². The summed E-state index contributed by atoms with van der Waals surface area (Å²) in [5.41, 5.74) is 0.0898. The number of nitrogens with zero attached hydrogens (tertiary/aromatic N) is 2. The SMILES string of the molecule is O=C(NCCCCN1CCOCC1)C1CCCN(C(=O)c2ccccc2OC(F)F)C1. The molecule has 172 valence electrons. The molecule has 2 saturated heterocycles. The zero-order valence-corrected chi connectivity index (χ0v) is 17.7.